The van der Waals surface area contributed by atoms with Crippen molar-refractivity contribution in [1.82, 2.24) is 4.57 Å². The summed E-state index contributed by atoms with van der Waals surface area (Å²) in [7, 11) is 0. The molecule has 0 radical (unpaired) electrons. The third kappa shape index (κ3) is 4.38. The van der Waals surface area contributed by atoms with Gasteiger partial charge in [0.15, 0.2) is 0 Å². The van der Waals surface area contributed by atoms with Crippen LogP contribution in [0.4, 0.5) is 11.4 Å². The number of phenolic OH excluding ortho intramolecular Hbond substituents is 1. The molecule has 1 aromatic heterocycles. The molecular weight excluding hydrogens is 502 g/mol. The summed E-state index contributed by atoms with van der Waals surface area (Å²) in [5, 5.41) is 13.9. The lowest BCUT2D eigenvalue weighted by atomic mass is 9.75. The average Bonchev–Trinajstić information content (AvgIpc) is 3.60. The van der Waals surface area contributed by atoms with Crippen LogP contribution in [0.2, 0.25) is 0 Å². The lowest BCUT2D eigenvalue weighted by molar-refractivity contribution is -0.116. The number of carbonyl (C=O) groups excluding carboxylic acids is 1. The molecule has 6 nitrogen and oxygen atoms in total. The molecule has 2 fully saturated rings. The second kappa shape index (κ2) is 9.87. The second-order valence-corrected chi connectivity index (χ2v) is 12.6. The Balaban J connectivity index is 1.34. The van der Waals surface area contributed by atoms with Crippen LogP contribution in [0, 0.1) is 17.8 Å². The number of anilines is 2. The first kappa shape index (κ1) is 24.6. The van der Waals surface area contributed by atoms with Crippen LogP contribution in [0.5, 0.6) is 5.75 Å². The van der Waals surface area contributed by atoms with E-state index in [4.69, 9.17) is 0 Å². The van der Waals surface area contributed by atoms with Gasteiger partial charge in [0.1, 0.15) is 12.3 Å². The highest BCUT2D eigenvalue weighted by atomic mass is 32.2. The number of nitrogens with one attached hydrogen (secondary N) is 1. The van der Waals surface area contributed by atoms with Crippen LogP contribution in [-0.4, -0.2) is 33.9 Å². The molecule has 3 aliphatic rings. The van der Waals surface area contributed by atoms with Gasteiger partial charge in [0.05, 0.1) is 5.03 Å². The number of rotatable bonds is 7. The van der Waals surface area contributed by atoms with Gasteiger partial charge in [-0.25, -0.2) is 0 Å². The molecule has 37 heavy (non-hydrogen) atoms. The summed E-state index contributed by atoms with van der Waals surface area (Å²) in [5.74, 6) is 2.08. The highest BCUT2D eigenvalue weighted by molar-refractivity contribution is 8.00. The van der Waals surface area contributed by atoms with Crippen LogP contribution in [0.15, 0.2) is 58.4 Å². The molecule has 5 atom stereocenters. The minimum Gasteiger partial charge on any atom is -0.508 e. The fourth-order valence-electron chi connectivity index (χ4n) is 6.83. The summed E-state index contributed by atoms with van der Waals surface area (Å²) in [4.78, 5) is 29.6. The Labute approximate surface area is 225 Å². The smallest absolute Gasteiger partial charge is 0.308 e. The van der Waals surface area contributed by atoms with E-state index in [1.807, 2.05) is 11.8 Å². The molecule has 2 aromatic carbocycles. The summed E-state index contributed by atoms with van der Waals surface area (Å²) < 4.78 is 1.69. The molecule has 8 heteroatoms. The minimum atomic E-state index is -0.232. The molecule has 0 saturated heterocycles. The lowest BCUT2D eigenvalue weighted by Crippen LogP contribution is -2.35. The number of benzene rings is 2. The molecule has 0 spiro atoms. The average molecular weight is 536 g/mol. The van der Waals surface area contributed by atoms with E-state index in [0.717, 1.165) is 23.0 Å². The van der Waals surface area contributed by atoms with Gasteiger partial charge < -0.3 is 15.3 Å². The van der Waals surface area contributed by atoms with Gasteiger partial charge in [-0.05, 0) is 92.8 Å². The van der Waals surface area contributed by atoms with Gasteiger partial charge in [0.25, 0.3) is 0 Å². The summed E-state index contributed by atoms with van der Waals surface area (Å²) in [6, 6.07) is 15.4. The van der Waals surface area contributed by atoms with Gasteiger partial charge in [0, 0.05) is 40.5 Å². The molecule has 4 unspecified atom stereocenters. The van der Waals surface area contributed by atoms with E-state index in [9.17, 15) is 14.7 Å². The molecule has 2 aliphatic carbocycles. The molecule has 2 saturated carbocycles. The number of thiazole rings is 1. The number of nitrogens with zero attached hydrogens (tertiary/aromatic N) is 2. The van der Waals surface area contributed by atoms with Crippen LogP contribution in [0.3, 0.4) is 0 Å². The van der Waals surface area contributed by atoms with E-state index in [1.165, 1.54) is 54.0 Å². The molecule has 1 aliphatic heterocycles. The van der Waals surface area contributed by atoms with E-state index in [1.54, 1.807) is 16.7 Å². The maximum atomic E-state index is 13.3. The maximum absolute atomic E-state index is 13.3. The van der Waals surface area contributed by atoms with E-state index < -0.39 is 0 Å². The molecule has 2 bridgehead atoms. The minimum absolute atomic E-state index is 0.00234. The third-order valence-electron chi connectivity index (χ3n) is 8.52. The first-order valence-corrected chi connectivity index (χ1v) is 15.0. The van der Waals surface area contributed by atoms with Crippen molar-refractivity contribution in [3.05, 3.63) is 68.6 Å². The van der Waals surface area contributed by atoms with Gasteiger partial charge in [-0.2, -0.15) is 0 Å². The number of fused-ring (bicyclic) bond motifs is 6. The highest BCUT2D eigenvalue weighted by Crippen LogP contribution is 2.64. The van der Waals surface area contributed by atoms with E-state index in [-0.39, 0.29) is 29.0 Å². The number of amides is 1. The number of carbonyl (C=O) groups is 1. The monoisotopic (exact) mass is 535 g/mol. The SMILES string of the molecule is CCN(CC)c1ccc([C@H]2c3sc(=O)n(CC(=O)Nc4ccc(O)cc4)c3SC3C4CCC(C4)C32)cc1. The maximum Gasteiger partial charge on any atom is 0.308 e. The van der Waals surface area contributed by atoms with Crippen LogP contribution < -0.4 is 15.1 Å². The van der Waals surface area contributed by atoms with Gasteiger partial charge in [-0.3, -0.25) is 14.2 Å². The van der Waals surface area contributed by atoms with Crippen molar-refractivity contribution in [2.75, 3.05) is 23.3 Å². The number of aromatic nitrogens is 1. The topological polar surface area (TPSA) is 74.6 Å². The van der Waals surface area contributed by atoms with Crippen LogP contribution in [0.25, 0.3) is 0 Å². The first-order chi connectivity index (χ1) is 18.0. The van der Waals surface area contributed by atoms with Crippen molar-refractivity contribution in [2.45, 2.75) is 55.8 Å². The van der Waals surface area contributed by atoms with Crippen molar-refractivity contribution in [3.63, 3.8) is 0 Å². The zero-order chi connectivity index (χ0) is 25.7. The number of thioether (sulfide) groups is 1. The molecule has 2 heterocycles. The second-order valence-electron chi connectivity index (χ2n) is 10.5. The molecular formula is C29H33N3O3S2. The summed E-state index contributed by atoms with van der Waals surface area (Å²) in [6.45, 7) is 6.31. The van der Waals surface area contributed by atoms with Crippen LogP contribution >= 0.6 is 23.1 Å². The van der Waals surface area contributed by atoms with Crippen molar-refractivity contribution in [2.24, 2.45) is 17.8 Å². The third-order valence-corrected chi connectivity index (χ3v) is 11.4. The molecule has 3 aromatic rings. The standard InChI is InChI=1S/C29H33N3O3S2/c1-3-31(4-2)21-11-7-17(8-12-21)24-25-18-5-6-19(15-18)26(25)36-28-27(24)37-29(35)32(28)16-23(34)30-20-9-13-22(33)14-10-20/h7-14,18-19,24-26,33H,3-6,15-16H2,1-2H3,(H,30,34)/t18?,19?,24-,25?,26?/m1/s1. The van der Waals surface area contributed by atoms with E-state index >= 15 is 0 Å². The van der Waals surface area contributed by atoms with Gasteiger partial charge in [-0.1, -0.05) is 23.5 Å². The van der Waals surface area contributed by atoms with Crippen molar-refractivity contribution < 1.29 is 9.90 Å². The molecule has 194 valence electrons. The van der Waals surface area contributed by atoms with Gasteiger partial charge >= 0.3 is 4.87 Å². The zero-order valence-electron chi connectivity index (χ0n) is 21.2. The Morgan fingerprint density at radius 2 is 1.76 bits per heavy atom. The Hall–Kier alpha value is -2.71. The Bertz CT molecular complexity index is 1340. The van der Waals surface area contributed by atoms with Gasteiger partial charge in [-0.15, -0.1) is 11.8 Å². The predicted octanol–water partition coefficient (Wildman–Crippen LogP) is 5.75. The summed E-state index contributed by atoms with van der Waals surface area (Å²) in [5.41, 5.74) is 3.13. The zero-order valence-corrected chi connectivity index (χ0v) is 22.9. The number of hydrogen-bond acceptors (Lipinski definition) is 6. The Morgan fingerprint density at radius 1 is 1.05 bits per heavy atom. The van der Waals surface area contributed by atoms with Gasteiger partial charge in [0.2, 0.25) is 5.91 Å². The fourth-order valence-corrected chi connectivity index (χ4v) is 9.98. The lowest BCUT2D eigenvalue weighted by Gasteiger charge is -2.40. The number of hydrogen-bond donors (Lipinski definition) is 2. The van der Waals surface area contributed by atoms with Crippen molar-refractivity contribution in [3.8, 4) is 5.75 Å². The normalized spacial score (nSPS) is 25.5. The van der Waals surface area contributed by atoms with Crippen LogP contribution in [0.1, 0.15) is 49.5 Å². The number of phenols is 1. The number of aromatic hydroxyl groups is 1. The Morgan fingerprint density at radius 3 is 2.46 bits per heavy atom. The predicted molar refractivity (Wildman–Crippen MR) is 151 cm³/mol. The highest BCUT2D eigenvalue weighted by Gasteiger charge is 2.55. The quantitative estimate of drug-likeness (QED) is 0.377. The first-order valence-electron chi connectivity index (χ1n) is 13.3. The van der Waals surface area contributed by atoms with Crippen molar-refractivity contribution in [1.29, 1.82) is 0 Å². The fraction of sp³-hybridized carbons (Fsp3) is 0.448. The van der Waals surface area contributed by atoms with Crippen LogP contribution in [-0.2, 0) is 11.3 Å². The molecule has 6 rings (SSSR count). The molecule has 1 amide bonds. The summed E-state index contributed by atoms with van der Waals surface area (Å²) in [6.07, 6.45) is 3.86. The molecule has 2 N–H and O–H groups in total. The largest absolute Gasteiger partial charge is 0.508 e. The van der Waals surface area contributed by atoms with E-state index in [0.29, 0.717) is 28.7 Å². The van der Waals surface area contributed by atoms with E-state index in [2.05, 4.69) is 48.3 Å². The Kier molecular flexibility index (Phi) is 6.57. The van der Waals surface area contributed by atoms with Crippen molar-refractivity contribution >= 4 is 40.4 Å². The summed E-state index contributed by atoms with van der Waals surface area (Å²) >= 11 is 3.18.